The van der Waals surface area contributed by atoms with Gasteiger partial charge in [0.15, 0.2) is 0 Å². The van der Waals surface area contributed by atoms with Crippen LogP contribution in [0.2, 0.25) is 0 Å². The fourth-order valence-corrected chi connectivity index (χ4v) is 4.09. The summed E-state index contributed by atoms with van der Waals surface area (Å²) in [6, 6.07) is 11.1. The molecule has 0 aliphatic carbocycles. The van der Waals surface area contributed by atoms with Gasteiger partial charge >= 0.3 is 0 Å². The molecule has 5 atom stereocenters. The molecular weight excluding hydrogens is 472 g/mol. The van der Waals surface area contributed by atoms with Gasteiger partial charge in [-0.15, -0.1) is 5.10 Å². The maximum Gasteiger partial charge on any atom is 0.243 e. The Morgan fingerprint density at radius 1 is 1.03 bits per heavy atom. The maximum atomic E-state index is 11.0. The van der Waals surface area contributed by atoms with Gasteiger partial charge < -0.3 is 29.9 Å². The van der Waals surface area contributed by atoms with E-state index in [1.807, 2.05) is 30.5 Å². The molecule has 4 rings (SSSR count). The number of benzene rings is 2. The normalized spacial score (nSPS) is 24.1. The molecule has 1 fully saturated rings. The molecule has 6 N–H and O–H groups in total. The van der Waals surface area contributed by atoms with Crippen LogP contribution >= 0.6 is 0 Å². The molecule has 12 nitrogen and oxygen atoms in total. The Bertz CT molecular complexity index is 1170. The first-order valence-corrected chi connectivity index (χ1v) is 11.7. The Balaban J connectivity index is 1.38. The van der Waals surface area contributed by atoms with Crippen molar-refractivity contribution in [1.29, 1.82) is 0 Å². The molecule has 0 saturated carbocycles. The van der Waals surface area contributed by atoms with Gasteiger partial charge in [0, 0.05) is 18.5 Å². The van der Waals surface area contributed by atoms with E-state index in [1.165, 1.54) is 0 Å². The van der Waals surface area contributed by atoms with Crippen molar-refractivity contribution in [3.63, 3.8) is 0 Å². The molecule has 3 aromatic rings. The number of carbonyl (C=O) groups excluding carboxylic acids is 1. The van der Waals surface area contributed by atoms with Crippen LogP contribution in [0.15, 0.2) is 42.6 Å². The second-order valence-electron chi connectivity index (χ2n) is 8.75. The summed E-state index contributed by atoms with van der Waals surface area (Å²) in [5.74, 6) is 0.00362. The standard InChI is InChI=1S/C24H30N4O8/c29-13-19-21(31)22(32)23(33)24(36-19)35-17-8-7-14-10-16(6-5-15(14)11-17)18-12-28(27-25-18)9-3-1-2-4-20(30)26-34/h5-8,10-12,19,21-24,29,31-34H,1-4,9,13H2,(H,26,30)/t19-,21-,22+,23+,24+/m1/s1. The summed E-state index contributed by atoms with van der Waals surface area (Å²) >= 11 is 0. The molecule has 1 aliphatic rings. The minimum absolute atomic E-state index is 0.283. The number of hydroxylamine groups is 1. The van der Waals surface area contributed by atoms with Gasteiger partial charge in [-0.2, -0.15) is 0 Å². The number of hydrogen-bond acceptors (Lipinski definition) is 10. The number of aryl methyl sites for hydroxylation is 1. The van der Waals surface area contributed by atoms with Gasteiger partial charge in [0.05, 0.1) is 12.8 Å². The predicted octanol–water partition coefficient (Wildman–Crippen LogP) is 0.343. The molecule has 0 unspecified atom stereocenters. The van der Waals surface area contributed by atoms with Crippen LogP contribution in [0.25, 0.3) is 22.0 Å². The van der Waals surface area contributed by atoms with Gasteiger partial charge in [-0.25, -0.2) is 5.48 Å². The van der Waals surface area contributed by atoms with Gasteiger partial charge in [0.25, 0.3) is 0 Å². The van der Waals surface area contributed by atoms with Crippen molar-refractivity contribution in [3.05, 3.63) is 42.6 Å². The number of ether oxygens (including phenoxy) is 2. The molecule has 1 aliphatic heterocycles. The lowest BCUT2D eigenvalue weighted by Crippen LogP contribution is -2.60. The lowest BCUT2D eigenvalue weighted by molar-refractivity contribution is -0.277. The number of aliphatic hydroxyl groups excluding tert-OH is 4. The fraction of sp³-hybridized carbons (Fsp3) is 0.458. The summed E-state index contributed by atoms with van der Waals surface area (Å²) in [7, 11) is 0. The summed E-state index contributed by atoms with van der Waals surface area (Å²) in [4.78, 5) is 11.0. The molecule has 2 aromatic carbocycles. The Kier molecular flexibility index (Phi) is 8.46. The second kappa shape index (κ2) is 11.7. The molecule has 12 heteroatoms. The van der Waals surface area contributed by atoms with E-state index in [2.05, 4.69) is 10.3 Å². The molecular formula is C24H30N4O8. The maximum absolute atomic E-state index is 11.0. The van der Waals surface area contributed by atoms with Crippen molar-refractivity contribution in [2.45, 2.75) is 62.9 Å². The van der Waals surface area contributed by atoms with Gasteiger partial charge in [-0.1, -0.05) is 29.8 Å². The summed E-state index contributed by atoms with van der Waals surface area (Å²) in [5.41, 5.74) is 3.23. The Morgan fingerprint density at radius 3 is 2.58 bits per heavy atom. The van der Waals surface area contributed by atoms with Crippen LogP contribution in [0.1, 0.15) is 25.7 Å². The SMILES string of the molecule is O=C(CCCCCn1cc(-c2ccc3cc(O[C@H]4O[C@H](CO)[C@@H](O)[C@H](O)[C@@H]4O)ccc3c2)nn1)NO. The lowest BCUT2D eigenvalue weighted by atomic mass is 9.99. The number of amides is 1. The molecule has 1 saturated heterocycles. The lowest BCUT2D eigenvalue weighted by Gasteiger charge is -2.39. The Hall–Kier alpha value is -3.13. The monoisotopic (exact) mass is 502 g/mol. The van der Waals surface area contributed by atoms with Crippen LogP contribution in [0.4, 0.5) is 0 Å². The minimum atomic E-state index is -1.51. The van der Waals surface area contributed by atoms with E-state index < -0.39 is 37.3 Å². The van der Waals surface area contributed by atoms with Crippen LogP contribution < -0.4 is 10.2 Å². The summed E-state index contributed by atoms with van der Waals surface area (Å²) in [6.07, 6.45) is -2.25. The van der Waals surface area contributed by atoms with Gasteiger partial charge in [0.1, 0.15) is 35.9 Å². The Labute approximate surface area is 206 Å². The van der Waals surface area contributed by atoms with Crippen LogP contribution in [0.5, 0.6) is 5.75 Å². The van der Waals surface area contributed by atoms with Crippen molar-refractivity contribution >= 4 is 16.7 Å². The third kappa shape index (κ3) is 5.98. The number of unbranched alkanes of at least 4 members (excludes halogenated alkanes) is 2. The molecule has 0 spiro atoms. The van der Waals surface area contributed by atoms with Crippen LogP contribution in [-0.4, -0.2) is 83.8 Å². The third-order valence-electron chi connectivity index (χ3n) is 6.16. The van der Waals surface area contributed by atoms with Gasteiger partial charge in [-0.3, -0.25) is 14.7 Å². The minimum Gasteiger partial charge on any atom is -0.462 e. The topological polar surface area (TPSA) is 179 Å². The summed E-state index contributed by atoms with van der Waals surface area (Å²) < 4.78 is 12.9. The Morgan fingerprint density at radius 2 is 1.81 bits per heavy atom. The molecule has 0 bridgehead atoms. The van der Waals surface area contributed by atoms with Crippen molar-refractivity contribution in [2.24, 2.45) is 0 Å². The van der Waals surface area contributed by atoms with E-state index in [-0.39, 0.29) is 12.3 Å². The van der Waals surface area contributed by atoms with E-state index in [9.17, 15) is 25.2 Å². The zero-order chi connectivity index (χ0) is 25.7. The van der Waals surface area contributed by atoms with Crippen molar-refractivity contribution in [1.82, 2.24) is 20.5 Å². The van der Waals surface area contributed by atoms with E-state index in [0.29, 0.717) is 18.7 Å². The highest BCUT2D eigenvalue weighted by Gasteiger charge is 2.44. The number of aliphatic hydroxyl groups is 4. The zero-order valence-corrected chi connectivity index (χ0v) is 19.5. The molecule has 2 heterocycles. The largest absolute Gasteiger partial charge is 0.462 e. The molecule has 194 valence electrons. The quantitative estimate of drug-likeness (QED) is 0.129. The number of nitrogens with one attached hydrogen (secondary N) is 1. The van der Waals surface area contributed by atoms with Crippen LogP contribution in [0, 0.1) is 0 Å². The van der Waals surface area contributed by atoms with E-state index in [4.69, 9.17) is 14.7 Å². The average Bonchev–Trinajstić information content (AvgIpc) is 3.37. The third-order valence-corrected chi connectivity index (χ3v) is 6.16. The summed E-state index contributed by atoms with van der Waals surface area (Å²) in [6.45, 7) is 0.138. The van der Waals surface area contributed by atoms with Gasteiger partial charge in [-0.05, 0) is 41.8 Å². The van der Waals surface area contributed by atoms with Crippen LogP contribution in [-0.2, 0) is 16.1 Å². The zero-order valence-electron chi connectivity index (χ0n) is 19.5. The first-order chi connectivity index (χ1) is 17.4. The van der Waals surface area contributed by atoms with Crippen molar-refractivity contribution in [3.8, 4) is 17.0 Å². The van der Waals surface area contributed by atoms with E-state index >= 15 is 0 Å². The number of nitrogens with zero attached hydrogens (tertiary/aromatic N) is 3. The highest BCUT2D eigenvalue weighted by molar-refractivity contribution is 5.87. The molecule has 36 heavy (non-hydrogen) atoms. The van der Waals surface area contributed by atoms with E-state index in [1.54, 1.807) is 22.3 Å². The first kappa shape index (κ1) is 25.9. The van der Waals surface area contributed by atoms with Crippen molar-refractivity contribution < 1.29 is 39.9 Å². The first-order valence-electron chi connectivity index (χ1n) is 11.7. The molecule has 0 radical (unpaired) electrons. The molecule has 1 amide bonds. The average molecular weight is 503 g/mol. The van der Waals surface area contributed by atoms with E-state index in [0.717, 1.165) is 34.9 Å². The van der Waals surface area contributed by atoms with Crippen LogP contribution in [0.3, 0.4) is 0 Å². The number of fused-ring (bicyclic) bond motifs is 1. The number of rotatable bonds is 10. The highest BCUT2D eigenvalue weighted by atomic mass is 16.7. The van der Waals surface area contributed by atoms with Crippen molar-refractivity contribution in [2.75, 3.05) is 6.61 Å². The number of hydrogen-bond donors (Lipinski definition) is 6. The number of carbonyl (C=O) groups is 1. The summed E-state index contributed by atoms with van der Waals surface area (Å²) in [5, 5.41) is 58.1. The smallest absolute Gasteiger partial charge is 0.243 e. The van der Waals surface area contributed by atoms with Gasteiger partial charge in [0.2, 0.25) is 12.2 Å². The fourth-order valence-electron chi connectivity index (χ4n) is 4.09. The molecule has 1 aromatic heterocycles. The number of aromatic nitrogens is 3. The highest BCUT2D eigenvalue weighted by Crippen LogP contribution is 2.29. The second-order valence-corrected chi connectivity index (χ2v) is 8.75. The predicted molar refractivity (Wildman–Crippen MR) is 126 cm³/mol.